The van der Waals surface area contributed by atoms with E-state index in [0.717, 1.165) is 45.8 Å². The van der Waals surface area contributed by atoms with Crippen LogP contribution in [0.5, 0.6) is 0 Å². The van der Waals surface area contributed by atoms with Crippen LogP contribution < -0.4 is 0 Å². The molecule has 1 aliphatic carbocycles. The van der Waals surface area contributed by atoms with E-state index in [1.54, 1.807) is 6.20 Å². The van der Waals surface area contributed by atoms with Crippen molar-refractivity contribution >= 4 is 28.2 Å². The third kappa shape index (κ3) is 2.26. The number of halogens is 1. The van der Waals surface area contributed by atoms with Crippen LogP contribution in [-0.4, -0.2) is 16.6 Å². The first kappa shape index (κ1) is 12.3. The van der Waals surface area contributed by atoms with Gasteiger partial charge in [-0.05, 0) is 37.1 Å². The molecule has 19 heavy (non-hydrogen) atoms. The molecule has 0 aromatic carbocycles. The molecule has 2 heterocycles. The maximum atomic E-state index is 6.20. The van der Waals surface area contributed by atoms with Crippen molar-refractivity contribution in [3.8, 4) is 0 Å². The van der Waals surface area contributed by atoms with Crippen LogP contribution in [0.3, 0.4) is 0 Å². The van der Waals surface area contributed by atoms with Gasteiger partial charge in [0.15, 0.2) is 0 Å². The predicted molar refractivity (Wildman–Crippen MR) is 77.8 cm³/mol. The number of aromatic nitrogens is 2. The van der Waals surface area contributed by atoms with Crippen LogP contribution in [0.1, 0.15) is 25.3 Å². The maximum Gasteiger partial charge on any atom is 0.137 e. The third-order valence-corrected chi connectivity index (χ3v) is 3.56. The topological polar surface area (TPSA) is 37.9 Å². The highest BCUT2D eigenvalue weighted by Crippen LogP contribution is 2.35. The average molecular weight is 275 g/mol. The molecule has 1 aliphatic rings. The van der Waals surface area contributed by atoms with E-state index in [0.29, 0.717) is 6.61 Å². The van der Waals surface area contributed by atoms with E-state index < -0.39 is 0 Å². The zero-order valence-corrected chi connectivity index (χ0v) is 11.5. The number of ether oxygens (including phenoxy) is 1. The number of hydrogen-bond acceptors (Lipinski definition) is 2. The number of rotatable bonds is 3. The molecule has 2 aromatic heterocycles. The number of pyridine rings is 1. The zero-order chi connectivity index (χ0) is 13.2. The van der Waals surface area contributed by atoms with E-state index in [9.17, 15) is 0 Å². The molecular weight excluding hydrogens is 260 g/mol. The van der Waals surface area contributed by atoms with Gasteiger partial charge in [-0.1, -0.05) is 11.6 Å². The fraction of sp³-hybridized carbons (Fsp3) is 0.267. The van der Waals surface area contributed by atoms with Crippen LogP contribution in [0.4, 0.5) is 0 Å². The summed E-state index contributed by atoms with van der Waals surface area (Å²) >= 11 is 6.20. The van der Waals surface area contributed by atoms with Gasteiger partial charge in [-0.15, -0.1) is 0 Å². The van der Waals surface area contributed by atoms with Gasteiger partial charge in [-0.3, -0.25) is 0 Å². The Morgan fingerprint density at radius 1 is 1.37 bits per heavy atom. The highest BCUT2D eigenvalue weighted by molar-refractivity contribution is 6.30. The monoisotopic (exact) mass is 274 g/mol. The molecule has 0 radical (unpaired) electrons. The summed E-state index contributed by atoms with van der Waals surface area (Å²) in [6.45, 7) is 2.68. The second kappa shape index (κ2) is 5.10. The Morgan fingerprint density at radius 2 is 2.26 bits per heavy atom. The molecule has 2 aromatic rings. The summed E-state index contributed by atoms with van der Waals surface area (Å²) in [5.74, 6) is 1.01. The van der Waals surface area contributed by atoms with Crippen LogP contribution >= 0.6 is 11.6 Å². The van der Waals surface area contributed by atoms with Crippen LogP contribution in [0.25, 0.3) is 16.6 Å². The Hall–Kier alpha value is -1.74. The van der Waals surface area contributed by atoms with Crippen molar-refractivity contribution in [1.29, 1.82) is 0 Å². The second-order valence-electron chi connectivity index (χ2n) is 4.46. The summed E-state index contributed by atoms with van der Waals surface area (Å²) in [7, 11) is 0. The summed E-state index contributed by atoms with van der Waals surface area (Å²) in [6.07, 6.45) is 7.42. The molecule has 0 bridgehead atoms. The largest absolute Gasteiger partial charge is 0.498 e. The molecule has 0 amide bonds. The summed E-state index contributed by atoms with van der Waals surface area (Å²) in [4.78, 5) is 7.44. The van der Waals surface area contributed by atoms with Crippen molar-refractivity contribution in [2.45, 2.75) is 19.8 Å². The standard InChI is InChI=1S/C15H15ClN2O/c1-2-19-14-4-3-10(16)9-13(14)11-5-7-17-15-12(11)6-8-18-15/h5-9H,2-4H2,1H3,(H,17,18). The molecule has 0 saturated heterocycles. The SMILES string of the molecule is CCOC1=C(c2ccnc3[nH]ccc23)C=C(Cl)CC1. The van der Waals surface area contributed by atoms with Crippen molar-refractivity contribution in [2.75, 3.05) is 6.61 Å². The maximum absolute atomic E-state index is 6.20. The van der Waals surface area contributed by atoms with E-state index in [2.05, 4.69) is 9.97 Å². The number of hydrogen-bond donors (Lipinski definition) is 1. The summed E-state index contributed by atoms with van der Waals surface area (Å²) < 4.78 is 5.77. The van der Waals surface area contributed by atoms with Crippen molar-refractivity contribution in [3.63, 3.8) is 0 Å². The summed E-state index contributed by atoms with van der Waals surface area (Å²) in [5.41, 5.74) is 3.08. The minimum absolute atomic E-state index is 0.672. The fourth-order valence-electron chi connectivity index (χ4n) is 2.42. The first-order valence-electron chi connectivity index (χ1n) is 6.44. The summed E-state index contributed by atoms with van der Waals surface area (Å²) in [5, 5.41) is 1.97. The Morgan fingerprint density at radius 3 is 3.11 bits per heavy atom. The smallest absolute Gasteiger partial charge is 0.137 e. The number of allylic oxidation sites excluding steroid dienone is 4. The molecule has 0 atom stereocenters. The van der Waals surface area contributed by atoms with E-state index >= 15 is 0 Å². The number of aromatic amines is 1. The number of nitrogens with one attached hydrogen (secondary N) is 1. The molecule has 3 nitrogen and oxygen atoms in total. The van der Waals surface area contributed by atoms with Gasteiger partial charge >= 0.3 is 0 Å². The quantitative estimate of drug-likeness (QED) is 0.910. The second-order valence-corrected chi connectivity index (χ2v) is 4.95. The normalized spacial score (nSPS) is 15.8. The van der Waals surface area contributed by atoms with Crippen LogP contribution in [0, 0.1) is 0 Å². The van der Waals surface area contributed by atoms with Gasteiger partial charge < -0.3 is 9.72 Å². The lowest BCUT2D eigenvalue weighted by Gasteiger charge is -2.18. The van der Waals surface area contributed by atoms with Crippen LogP contribution in [-0.2, 0) is 4.74 Å². The van der Waals surface area contributed by atoms with Gasteiger partial charge in [0.2, 0.25) is 0 Å². The van der Waals surface area contributed by atoms with E-state index in [-0.39, 0.29) is 0 Å². The fourth-order valence-corrected chi connectivity index (χ4v) is 2.63. The van der Waals surface area contributed by atoms with Gasteiger partial charge in [-0.25, -0.2) is 4.98 Å². The zero-order valence-electron chi connectivity index (χ0n) is 10.7. The van der Waals surface area contributed by atoms with Crippen molar-refractivity contribution in [3.05, 3.63) is 47.0 Å². The Labute approximate surface area is 116 Å². The molecule has 0 saturated carbocycles. The highest BCUT2D eigenvalue weighted by atomic mass is 35.5. The molecule has 0 unspecified atom stereocenters. The summed E-state index contributed by atoms with van der Waals surface area (Å²) in [6, 6.07) is 4.04. The molecule has 1 N–H and O–H groups in total. The molecule has 0 aliphatic heterocycles. The predicted octanol–water partition coefficient (Wildman–Crippen LogP) is 4.23. The van der Waals surface area contributed by atoms with Crippen molar-refractivity contribution in [2.24, 2.45) is 0 Å². The van der Waals surface area contributed by atoms with E-state index in [4.69, 9.17) is 16.3 Å². The lowest BCUT2D eigenvalue weighted by atomic mass is 9.96. The van der Waals surface area contributed by atoms with Gasteiger partial charge in [0.1, 0.15) is 11.4 Å². The number of fused-ring (bicyclic) bond motifs is 1. The Kier molecular flexibility index (Phi) is 3.30. The van der Waals surface area contributed by atoms with E-state index in [1.807, 2.05) is 31.3 Å². The minimum Gasteiger partial charge on any atom is -0.498 e. The van der Waals surface area contributed by atoms with Crippen LogP contribution in [0.2, 0.25) is 0 Å². The Balaban J connectivity index is 2.19. The van der Waals surface area contributed by atoms with Crippen molar-refractivity contribution < 1.29 is 4.74 Å². The van der Waals surface area contributed by atoms with Gasteiger partial charge in [0.25, 0.3) is 0 Å². The minimum atomic E-state index is 0.672. The van der Waals surface area contributed by atoms with Gasteiger partial charge in [0.05, 0.1) is 6.61 Å². The third-order valence-electron chi connectivity index (χ3n) is 3.26. The van der Waals surface area contributed by atoms with E-state index in [1.165, 1.54) is 0 Å². The molecule has 0 spiro atoms. The first-order chi connectivity index (χ1) is 9.29. The molecule has 3 rings (SSSR count). The molecular formula is C15H15ClN2O. The van der Waals surface area contributed by atoms with Crippen LogP contribution in [0.15, 0.2) is 41.4 Å². The first-order valence-corrected chi connectivity index (χ1v) is 6.82. The molecule has 4 heteroatoms. The van der Waals surface area contributed by atoms with Gasteiger partial charge in [-0.2, -0.15) is 0 Å². The average Bonchev–Trinajstić information content (AvgIpc) is 2.89. The highest BCUT2D eigenvalue weighted by Gasteiger charge is 2.17. The lowest BCUT2D eigenvalue weighted by molar-refractivity contribution is 0.220. The number of H-pyrrole nitrogens is 1. The lowest BCUT2D eigenvalue weighted by Crippen LogP contribution is -2.02. The molecule has 98 valence electrons. The van der Waals surface area contributed by atoms with Crippen molar-refractivity contribution in [1.82, 2.24) is 9.97 Å². The number of nitrogens with zero attached hydrogens (tertiary/aromatic N) is 1. The Bertz CT molecular complexity index is 666. The van der Waals surface area contributed by atoms with Gasteiger partial charge in [0, 0.05) is 34.8 Å². The molecule has 0 fully saturated rings.